The number of nitrogens with zero attached hydrogens (tertiary/aromatic N) is 2. The molecule has 2 aromatic rings. The van der Waals surface area contributed by atoms with Gasteiger partial charge in [-0.15, -0.1) is 0 Å². The van der Waals surface area contributed by atoms with Gasteiger partial charge in [0.05, 0.1) is 0 Å². The van der Waals surface area contributed by atoms with Crippen LogP contribution in [0.15, 0.2) is 16.7 Å². The van der Waals surface area contributed by atoms with Crippen LogP contribution < -0.4 is 0 Å². The molecule has 4 nitrogen and oxygen atoms in total. The van der Waals surface area contributed by atoms with E-state index in [1.807, 2.05) is 0 Å². The van der Waals surface area contributed by atoms with Crippen LogP contribution in [0.2, 0.25) is 0 Å². The monoisotopic (exact) mass is 258 g/mol. The summed E-state index contributed by atoms with van der Waals surface area (Å²) in [6.45, 7) is 0. The van der Waals surface area contributed by atoms with Gasteiger partial charge < -0.3 is 5.11 Å². The zero-order chi connectivity index (χ0) is 9.42. The molecule has 2 aromatic heterocycles. The van der Waals surface area contributed by atoms with Gasteiger partial charge in [-0.1, -0.05) is 0 Å². The molecule has 2 heterocycles. The third-order valence-corrected chi connectivity index (χ3v) is 2.70. The van der Waals surface area contributed by atoms with E-state index in [-0.39, 0.29) is 5.69 Å². The van der Waals surface area contributed by atoms with Crippen LogP contribution in [0.5, 0.6) is 0 Å². The largest absolute Gasteiger partial charge is 0.476 e. The molecule has 0 saturated carbocycles. The third kappa shape index (κ3) is 1.42. The molecule has 66 valence electrons. The Balaban J connectivity index is 2.79. The Kier molecular flexibility index (Phi) is 2.01. The van der Waals surface area contributed by atoms with E-state index in [1.54, 1.807) is 12.3 Å². The second kappa shape index (κ2) is 3.04. The molecule has 1 N–H and O–H groups in total. The summed E-state index contributed by atoms with van der Waals surface area (Å²) in [5.74, 6) is -1.02. The highest BCUT2D eigenvalue weighted by molar-refractivity contribution is 9.10. The highest BCUT2D eigenvalue weighted by Crippen LogP contribution is 2.23. The summed E-state index contributed by atoms with van der Waals surface area (Å²) in [6, 6.07) is 1.70. The Morgan fingerprint density at radius 1 is 1.62 bits per heavy atom. The first-order valence-corrected chi connectivity index (χ1v) is 4.89. The van der Waals surface area contributed by atoms with E-state index in [0.717, 1.165) is 16.0 Å². The fourth-order valence-electron chi connectivity index (χ4n) is 0.961. The molecule has 0 aliphatic carbocycles. The lowest BCUT2D eigenvalue weighted by atomic mass is 10.3. The third-order valence-electron chi connectivity index (χ3n) is 1.50. The number of hydrogen-bond donors (Lipinski definition) is 1. The van der Waals surface area contributed by atoms with E-state index in [2.05, 4.69) is 25.3 Å². The maximum atomic E-state index is 10.7. The Morgan fingerprint density at radius 3 is 3.08 bits per heavy atom. The molecule has 0 saturated heterocycles. The van der Waals surface area contributed by atoms with Gasteiger partial charge in [0.2, 0.25) is 0 Å². The van der Waals surface area contributed by atoms with Crippen molar-refractivity contribution in [2.75, 3.05) is 0 Å². The maximum Gasteiger partial charge on any atom is 0.356 e. The number of aromatic carboxylic acids is 1. The number of rotatable bonds is 1. The van der Waals surface area contributed by atoms with Crippen molar-refractivity contribution in [3.05, 3.63) is 22.4 Å². The number of aromatic nitrogens is 2. The predicted molar refractivity (Wildman–Crippen MR) is 52.1 cm³/mol. The molecule has 0 bridgehead atoms. The molecule has 0 atom stereocenters. The predicted octanol–water partition coefficient (Wildman–Crippen LogP) is 2.15. The standard InChI is InChI=1S/C7H3BrN2O2S/c8-3-1-4-5(7(11)12)10-13-6(4)9-2-3/h1-2H,(H,11,12). The second-order valence-electron chi connectivity index (χ2n) is 2.34. The molecule has 0 spiro atoms. The maximum absolute atomic E-state index is 10.7. The summed E-state index contributed by atoms with van der Waals surface area (Å²) in [4.78, 5) is 15.4. The molecule has 0 unspecified atom stereocenters. The van der Waals surface area contributed by atoms with Gasteiger partial charge in [-0.05, 0) is 33.5 Å². The topological polar surface area (TPSA) is 63.1 Å². The molecule has 0 amide bonds. The smallest absolute Gasteiger partial charge is 0.356 e. The first-order chi connectivity index (χ1) is 6.18. The first kappa shape index (κ1) is 8.58. The molecule has 0 aromatic carbocycles. The van der Waals surface area contributed by atoms with Crippen LogP contribution in [0.4, 0.5) is 0 Å². The molecular weight excluding hydrogens is 256 g/mol. The van der Waals surface area contributed by atoms with Crippen molar-refractivity contribution in [3.63, 3.8) is 0 Å². The van der Waals surface area contributed by atoms with Crippen molar-refractivity contribution < 1.29 is 9.90 Å². The summed E-state index contributed by atoms with van der Waals surface area (Å²) in [7, 11) is 0. The zero-order valence-electron chi connectivity index (χ0n) is 6.19. The van der Waals surface area contributed by atoms with Gasteiger partial charge in [0.15, 0.2) is 5.69 Å². The lowest BCUT2D eigenvalue weighted by Crippen LogP contribution is -1.96. The van der Waals surface area contributed by atoms with E-state index in [4.69, 9.17) is 5.11 Å². The lowest BCUT2D eigenvalue weighted by Gasteiger charge is -1.90. The highest BCUT2D eigenvalue weighted by Gasteiger charge is 2.13. The average Bonchev–Trinajstić information content (AvgIpc) is 2.46. The van der Waals surface area contributed by atoms with Gasteiger partial charge in [-0.3, -0.25) is 0 Å². The number of fused-ring (bicyclic) bond motifs is 1. The number of carboxylic acids is 1. The number of carbonyl (C=O) groups is 1. The van der Waals surface area contributed by atoms with Crippen LogP contribution >= 0.6 is 27.5 Å². The van der Waals surface area contributed by atoms with E-state index < -0.39 is 5.97 Å². The Morgan fingerprint density at radius 2 is 2.38 bits per heavy atom. The number of carboxylic acid groups (broad SMARTS) is 1. The van der Waals surface area contributed by atoms with Crippen LogP contribution in [0.25, 0.3) is 10.2 Å². The fraction of sp³-hybridized carbons (Fsp3) is 0. The lowest BCUT2D eigenvalue weighted by molar-refractivity contribution is 0.0694. The minimum Gasteiger partial charge on any atom is -0.476 e. The molecule has 0 fully saturated rings. The van der Waals surface area contributed by atoms with Crippen molar-refractivity contribution in [1.82, 2.24) is 9.36 Å². The SMILES string of the molecule is O=C(O)c1nsc2ncc(Br)cc12. The molecule has 0 radical (unpaired) electrons. The van der Waals surface area contributed by atoms with E-state index in [1.165, 1.54) is 0 Å². The Bertz CT molecular complexity index is 482. The minimum atomic E-state index is -1.02. The molecule has 0 aliphatic heterocycles. The molecule has 2 rings (SSSR count). The van der Waals surface area contributed by atoms with E-state index in [9.17, 15) is 4.79 Å². The van der Waals surface area contributed by atoms with E-state index >= 15 is 0 Å². The Hall–Kier alpha value is -1.01. The number of halogens is 1. The average molecular weight is 259 g/mol. The van der Waals surface area contributed by atoms with Crippen LogP contribution in [0.3, 0.4) is 0 Å². The Labute approximate surface area is 85.5 Å². The number of pyridine rings is 1. The van der Waals surface area contributed by atoms with Crippen molar-refractivity contribution >= 4 is 43.6 Å². The summed E-state index contributed by atoms with van der Waals surface area (Å²) >= 11 is 4.31. The van der Waals surface area contributed by atoms with E-state index in [0.29, 0.717) is 10.2 Å². The minimum absolute atomic E-state index is 0.0637. The highest BCUT2D eigenvalue weighted by atomic mass is 79.9. The van der Waals surface area contributed by atoms with Crippen LogP contribution in [-0.2, 0) is 0 Å². The van der Waals surface area contributed by atoms with Crippen LogP contribution in [-0.4, -0.2) is 20.4 Å². The van der Waals surface area contributed by atoms with Crippen LogP contribution in [0, 0.1) is 0 Å². The first-order valence-electron chi connectivity index (χ1n) is 3.32. The summed E-state index contributed by atoms with van der Waals surface area (Å²) in [5, 5.41) is 9.34. The second-order valence-corrected chi connectivity index (χ2v) is 4.01. The van der Waals surface area contributed by atoms with Crippen LogP contribution in [0.1, 0.15) is 10.5 Å². The summed E-state index contributed by atoms with van der Waals surface area (Å²) in [5.41, 5.74) is 0.0637. The van der Waals surface area contributed by atoms with Gasteiger partial charge in [0.1, 0.15) is 4.83 Å². The zero-order valence-corrected chi connectivity index (χ0v) is 8.59. The van der Waals surface area contributed by atoms with Crippen molar-refractivity contribution in [2.24, 2.45) is 0 Å². The van der Waals surface area contributed by atoms with Crippen molar-refractivity contribution in [1.29, 1.82) is 0 Å². The number of hydrogen-bond acceptors (Lipinski definition) is 4. The summed E-state index contributed by atoms with van der Waals surface area (Å²) in [6.07, 6.45) is 1.62. The van der Waals surface area contributed by atoms with Crippen molar-refractivity contribution in [2.45, 2.75) is 0 Å². The van der Waals surface area contributed by atoms with Gasteiger partial charge in [0, 0.05) is 16.1 Å². The fourth-order valence-corrected chi connectivity index (χ4v) is 2.00. The van der Waals surface area contributed by atoms with Gasteiger partial charge in [-0.2, -0.15) is 4.37 Å². The molecule has 0 aliphatic rings. The quantitative estimate of drug-likeness (QED) is 0.852. The van der Waals surface area contributed by atoms with Gasteiger partial charge in [-0.25, -0.2) is 9.78 Å². The van der Waals surface area contributed by atoms with Gasteiger partial charge in [0.25, 0.3) is 0 Å². The summed E-state index contributed by atoms with van der Waals surface area (Å²) < 4.78 is 4.55. The molecular formula is C7H3BrN2O2S. The molecule has 13 heavy (non-hydrogen) atoms. The molecule has 6 heteroatoms. The van der Waals surface area contributed by atoms with Crippen molar-refractivity contribution in [3.8, 4) is 0 Å². The normalized spacial score (nSPS) is 10.5. The van der Waals surface area contributed by atoms with Gasteiger partial charge >= 0.3 is 5.97 Å².